The topological polar surface area (TPSA) is 20.3 Å². The maximum absolute atomic E-state index is 13.5. The standard InChI is InChI=1S/C20H32ClN2O.C7H8/c1-6-18(23(5)11-9-8-10-12-23)20(24)22(7-2)19-15(3)13-17(21)14-16(19)4;1-7-5-3-2-4-6-7/h13-14,18H,6-12H2,1-5H3;2-6H,1H3/q+1;. The van der Waals surface area contributed by atoms with E-state index >= 15 is 0 Å². The van der Waals surface area contributed by atoms with Gasteiger partial charge in [0.2, 0.25) is 0 Å². The van der Waals surface area contributed by atoms with Crippen LogP contribution in [0.15, 0.2) is 42.5 Å². The number of anilines is 1. The first-order chi connectivity index (χ1) is 14.7. The minimum atomic E-state index is 0.0414. The summed E-state index contributed by atoms with van der Waals surface area (Å²) in [4.78, 5) is 15.5. The molecule has 1 atom stereocenters. The molecule has 4 heteroatoms. The van der Waals surface area contributed by atoms with Crippen LogP contribution < -0.4 is 4.90 Å². The molecule has 1 amide bonds. The molecule has 0 spiro atoms. The van der Waals surface area contributed by atoms with Gasteiger partial charge in [0.05, 0.1) is 20.1 Å². The second kappa shape index (κ2) is 11.7. The van der Waals surface area contributed by atoms with Crippen LogP contribution in [0, 0.1) is 20.8 Å². The highest BCUT2D eigenvalue weighted by atomic mass is 35.5. The predicted molar refractivity (Wildman–Crippen MR) is 134 cm³/mol. The lowest BCUT2D eigenvalue weighted by Crippen LogP contribution is -2.61. The van der Waals surface area contributed by atoms with Crippen molar-refractivity contribution in [2.24, 2.45) is 0 Å². The summed E-state index contributed by atoms with van der Waals surface area (Å²) in [5.41, 5.74) is 4.51. The van der Waals surface area contributed by atoms with E-state index in [1.807, 2.05) is 49.1 Å². The largest absolute Gasteiger partial charge is 0.316 e. The molecular weight excluding hydrogens is 404 g/mol. The van der Waals surface area contributed by atoms with Crippen molar-refractivity contribution >= 4 is 23.2 Å². The molecule has 1 aliphatic heterocycles. The quantitative estimate of drug-likeness (QED) is 0.470. The Bertz CT molecular complexity index is 821. The monoisotopic (exact) mass is 443 g/mol. The Morgan fingerprint density at radius 2 is 1.55 bits per heavy atom. The number of benzene rings is 2. The second-order valence-electron chi connectivity index (χ2n) is 9.04. The molecule has 1 heterocycles. The van der Waals surface area contributed by atoms with Crippen LogP contribution in [0.1, 0.15) is 56.2 Å². The summed E-state index contributed by atoms with van der Waals surface area (Å²) in [6.45, 7) is 13.3. The average molecular weight is 444 g/mol. The smallest absolute Gasteiger partial charge is 0.285 e. The Kier molecular flexibility index (Phi) is 9.58. The SMILES string of the molecule is CCC(C(=O)N(CC)c1c(C)cc(Cl)cc1C)[N+]1(C)CCCCC1.Cc1ccccc1. The van der Waals surface area contributed by atoms with Crippen molar-refractivity contribution in [3.05, 3.63) is 64.2 Å². The summed E-state index contributed by atoms with van der Waals surface area (Å²) in [7, 11) is 2.26. The highest BCUT2D eigenvalue weighted by molar-refractivity contribution is 6.30. The number of likely N-dealkylation sites (N-methyl/N-ethyl adjacent to an activating group) is 2. The molecule has 3 nitrogen and oxygen atoms in total. The predicted octanol–water partition coefficient (Wildman–Crippen LogP) is 6.71. The van der Waals surface area contributed by atoms with E-state index in [1.165, 1.54) is 24.8 Å². The third-order valence-corrected chi connectivity index (χ3v) is 6.73. The number of halogens is 1. The lowest BCUT2D eigenvalue weighted by atomic mass is 10.0. The highest BCUT2D eigenvalue weighted by Gasteiger charge is 2.40. The van der Waals surface area contributed by atoms with Crippen LogP contribution in [0.3, 0.4) is 0 Å². The third kappa shape index (κ3) is 6.57. The van der Waals surface area contributed by atoms with Gasteiger partial charge in [0.15, 0.2) is 6.04 Å². The summed E-state index contributed by atoms with van der Waals surface area (Å²) >= 11 is 6.18. The van der Waals surface area contributed by atoms with Crippen molar-refractivity contribution in [2.75, 3.05) is 31.6 Å². The lowest BCUT2D eigenvalue weighted by Gasteiger charge is -2.44. The van der Waals surface area contributed by atoms with Crippen molar-refractivity contribution in [1.82, 2.24) is 0 Å². The molecule has 0 saturated carbocycles. The van der Waals surface area contributed by atoms with Crippen LogP contribution in [0.4, 0.5) is 5.69 Å². The first-order valence-corrected chi connectivity index (χ1v) is 12.0. The van der Waals surface area contributed by atoms with Crippen LogP contribution in [0.5, 0.6) is 0 Å². The number of rotatable bonds is 5. The molecule has 2 aromatic carbocycles. The zero-order valence-electron chi connectivity index (χ0n) is 20.2. The molecule has 170 valence electrons. The number of amides is 1. The number of carbonyl (C=O) groups is 1. The number of aryl methyl sites for hydroxylation is 3. The third-order valence-electron chi connectivity index (χ3n) is 6.51. The van der Waals surface area contributed by atoms with Crippen LogP contribution in [0.25, 0.3) is 0 Å². The fraction of sp³-hybridized carbons (Fsp3) is 0.519. The van der Waals surface area contributed by atoms with E-state index in [9.17, 15) is 4.79 Å². The Morgan fingerprint density at radius 1 is 1.00 bits per heavy atom. The van der Waals surface area contributed by atoms with Crippen molar-refractivity contribution in [3.63, 3.8) is 0 Å². The maximum atomic E-state index is 13.5. The minimum absolute atomic E-state index is 0.0414. The van der Waals surface area contributed by atoms with Gasteiger partial charge in [-0.1, -0.05) is 54.4 Å². The fourth-order valence-corrected chi connectivity index (χ4v) is 5.22. The Hall–Kier alpha value is -1.84. The van der Waals surface area contributed by atoms with Gasteiger partial charge < -0.3 is 9.38 Å². The number of nitrogens with zero attached hydrogens (tertiary/aromatic N) is 2. The minimum Gasteiger partial charge on any atom is -0.316 e. The second-order valence-corrected chi connectivity index (χ2v) is 9.47. The first kappa shape index (κ1) is 25.4. The number of carbonyl (C=O) groups excluding carboxylic acids is 1. The molecule has 31 heavy (non-hydrogen) atoms. The Balaban J connectivity index is 0.000000412. The van der Waals surface area contributed by atoms with Gasteiger partial charge >= 0.3 is 0 Å². The van der Waals surface area contributed by atoms with Gasteiger partial charge in [0.25, 0.3) is 5.91 Å². The van der Waals surface area contributed by atoms with E-state index in [-0.39, 0.29) is 11.9 Å². The molecule has 0 bridgehead atoms. The summed E-state index contributed by atoms with van der Waals surface area (Å²) in [6.07, 6.45) is 4.64. The lowest BCUT2D eigenvalue weighted by molar-refractivity contribution is -0.929. The zero-order chi connectivity index (χ0) is 23.0. The Morgan fingerprint density at radius 3 is 1.97 bits per heavy atom. The number of likely N-dealkylation sites (tertiary alicyclic amines) is 1. The van der Waals surface area contributed by atoms with E-state index in [0.29, 0.717) is 6.54 Å². The van der Waals surface area contributed by atoms with Gasteiger partial charge in [-0.3, -0.25) is 4.79 Å². The van der Waals surface area contributed by atoms with Crippen LogP contribution in [0.2, 0.25) is 5.02 Å². The number of hydrogen-bond donors (Lipinski definition) is 0. The molecule has 0 radical (unpaired) electrons. The molecule has 0 aromatic heterocycles. The summed E-state index contributed by atoms with van der Waals surface area (Å²) in [5, 5.41) is 0.735. The zero-order valence-corrected chi connectivity index (χ0v) is 21.0. The summed E-state index contributed by atoms with van der Waals surface area (Å²) in [6, 6.07) is 14.2. The number of piperidine rings is 1. The Labute approximate surface area is 194 Å². The van der Waals surface area contributed by atoms with Crippen LogP contribution in [-0.2, 0) is 4.79 Å². The average Bonchev–Trinajstić information content (AvgIpc) is 2.72. The van der Waals surface area contributed by atoms with Crippen molar-refractivity contribution < 1.29 is 9.28 Å². The molecule has 0 N–H and O–H groups in total. The van der Waals surface area contributed by atoms with Gasteiger partial charge in [0, 0.05) is 23.7 Å². The molecule has 1 unspecified atom stereocenters. The normalized spacial score (nSPS) is 16.1. The van der Waals surface area contributed by atoms with Gasteiger partial charge in [-0.15, -0.1) is 0 Å². The summed E-state index contributed by atoms with van der Waals surface area (Å²) in [5.74, 6) is 0.262. The summed E-state index contributed by atoms with van der Waals surface area (Å²) < 4.78 is 0.886. The van der Waals surface area contributed by atoms with E-state index < -0.39 is 0 Å². The molecule has 0 aliphatic carbocycles. The van der Waals surface area contributed by atoms with E-state index in [2.05, 4.69) is 40.0 Å². The van der Waals surface area contributed by atoms with Gasteiger partial charge in [0.1, 0.15) is 0 Å². The molecule has 1 fully saturated rings. The molecule has 1 saturated heterocycles. The fourth-order valence-electron chi connectivity index (χ4n) is 4.90. The van der Waals surface area contributed by atoms with Gasteiger partial charge in [-0.2, -0.15) is 0 Å². The molecule has 1 aliphatic rings. The van der Waals surface area contributed by atoms with Crippen molar-refractivity contribution in [2.45, 2.75) is 66.3 Å². The highest BCUT2D eigenvalue weighted by Crippen LogP contribution is 2.31. The van der Waals surface area contributed by atoms with Crippen molar-refractivity contribution in [1.29, 1.82) is 0 Å². The first-order valence-electron chi connectivity index (χ1n) is 11.7. The molecular formula is C27H40ClN2O+. The van der Waals surface area contributed by atoms with Gasteiger partial charge in [-0.25, -0.2) is 0 Å². The number of quaternary nitrogens is 1. The van der Waals surface area contributed by atoms with Crippen molar-refractivity contribution in [3.8, 4) is 0 Å². The maximum Gasteiger partial charge on any atom is 0.285 e. The molecule has 2 aromatic rings. The van der Waals surface area contributed by atoms with Crippen LogP contribution in [-0.4, -0.2) is 43.1 Å². The van der Waals surface area contributed by atoms with Crippen LogP contribution >= 0.6 is 11.6 Å². The van der Waals surface area contributed by atoms with Gasteiger partial charge in [-0.05, 0) is 70.2 Å². The van der Waals surface area contributed by atoms with E-state index in [0.717, 1.165) is 45.8 Å². The molecule has 3 rings (SSSR count). The number of hydrogen-bond acceptors (Lipinski definition) is 1. The van der Waals surface area contributed by atoms with E-state index in [4.69, 9.17) is 11.6 Å². The van der Waals surface area contributed by atoms with E-state index in [1.54, 1.807) is 0 Å².